The Morgan fingerprint density at radius 2 is 1.55 bits per heavy atom. The highest BCUT2D eigenvalue weighted by Gasteiger charge is 2.31. The van der Waals surface area contributed by atoms with Crippen LogP contribution in [0.2, 0.25) is 0 Å². The Hall–Kier alpha value is -1.50. The van der Waals surface area contributed by atoms with Crippen molar-refractivity contribution in [2.75, 3.05) is 19.6 Å². The van der Waals surface area contributed by atoms with Crippen molar-refractivity contribution < 1.29 is 4.79 Å². The molecule has 1 aliphatic carbocycles. The Balaban J connectivity index is 1.58. The lowest BCUT2D eigenvalue weighted by Gasteiger charge is -2.32. The number of carbonyl (C=O) groups is 1. The Morgan fingerprint density at radius 1 is 1.05 bits per heavy atom. The number of tetrazole rings is 1. The molecule has 7 heteroatoms. The molecule has 1 aromatic heterocycles. The van der Waals surface area contributed by atoms with Crippen molar-refractivity contribution in [2.24, 2.45) is 5.41 Å². The fourth-order valence-corrected chi connectivity index (χ4v) is 2.81. The van der Waals surface area contributed by atoms with Crippen molar-refractivity contribution >= 4 is 5.78 Å². The van der Waals surface area contributed by atoms with Crippen molar-refractivity contribution in [3.63, 3.8) is 0 Å². The number of nitrogens with zero attached hydrogens (tertiary/aromatic N) is 5. The van der Waals surface area contributed by atoms with Crippen LogP contribution in [0.4, 0.5) is 0 Å². The zero-order valence-electron chi connectivity index (χ0n) is 13.7. The summed E-state index contributed by atoms with van der Waals surface area (Å²) in [6.45, 7) is 8.03. The van der Waals surface area contributed by atoms with Crippen molar-refractivity contribution in [1.29, 1.82) is 0 Å². The fourth-order valence-electron chi connectivity index (χ4n) is 2.81. The van der Waals surface area contributed by atoms with Gasteiger partial charge >= 0.3 is 5.69 Å². The summed E-state index contributed by atoms with van der Waals surface area (Å²) >= 11 is 0. The van der Waals surface area contributed by atoms with Gasteiger partial charge in [0.25, 0.3) is 0 Å². The van der Waals surface area contributed by atoms with E-state index in [9.17, 15) is 9.59 Å². The second kappa shape index (κ2) is 5.61. The van der Waals surface area contributed by atoms with Gasteiger partial charge in [0, 0.05) is 18.5 Å². The summed E-state index contributed by atoms with van der Waals surface area (Å²) in [5.41, 5.74) is -0.368. The summed E-state index contributed by atoms with van der Waals surface area (Å²) in [4.78, 5) is 26.6. The van der Waals surface area contributed by atoms with E-state index in [1.807, 2.05) is 20.8 Å². The molecule has 7 nitrogen and oxygen atoms in total. The average Bonchev–Trinajstić information content (AvgIpc) is 3.22. The van der Waals surface area contributed by atoms with Crippen LogP contribution in [0.1, 0.15) is 58.5 Å². The Kier molecular flexibility index (Phi) is 3.92. The topological polar surface area (TPSA) is 73.0 Å². The van der Waals surface area contributed by atoms with Crippen LogP contribution < -0.4 is 5.69 Å². The van der Waals surface area contributed by atoms with Crippen molar-refractivity contribution in [2.45, 2.75) is 58.5 Å². The first-order valence-electron chi connectivity index (χ1n) is 8.16. The minimum atomic E-state index is -0.291. The Morgan fingerprint density at radius 3 is 2.00 bits per heavy atom. The summed E-state index contributed by atoms with van der Waals surface area (Å²) in [7, 11) is 0. The number of rotatable bonds is 4. The lowest BCUT2D eigenvalue weighted by atomic mass is 9.90. The molecule has 1 aliphatic heterocycles. The molecular formula is C15H25N5O2. The van der Waals surface area contributed by atoms with Crippen LogP contribution in [0.15, 0.2) is 4.79 Å². The minimum Gasteiger partial charge on any atom is -0.298 e. The van der Waals surface area contributed by atoms with Gasteiger partial charge in [-0.05, 0) is 36.1 Å². The maximum atomic E-state index is 12.3. The summed E-state index contributed by atoms with van der Waals surface area (Å²) in [6.07, 6.45) is 3.76. The van der Waals surface area contributed by atoms with Gasteiger partial charge in [0.15, 0.2) is 5.78 Å². The first-order valence-corrected chi connectivity index (χ1v) is 8.16. The zero-order valence-corrected chi connectivity index (χ0v) is 13.7. The molecule has 0 radical (unpaired) electrons. The molecule has 0 amide bonds. The number of aromatic nitrogens is 4. The fraction of sp³-hybridized carbons (Fsp3) is 0.867. The number of likely N-dealkylation sites (tertiary alicyclic amines) is 1. The first-order chi connectivity index (χ1) is 10.4. The highest BCUT2D eigenvalue weighted by atomic mass is 16.2. The number of hydrogen-bond donors (Lipinski definition) is 0. The standard InChI is InChI=1S/C15H25N5O2/c1-15(2,3)13(21)10-18-8-6-12(7-9-18)20-14(22)19(16-17-20)11-4-5-11/h11-12H,4-10H2,1-3H3. The van der Waals surface area contributed by atoms with Crippen LogP contribution in [0.5, 0.6) is 0 Å². The van der Waals surface area contributed by atoms with Gasteiger partial charge in [-0.3, -0.25) is 9.69 Å². The van der Waals surface area contributed by atoms with E-state index >= 15 is 0 Å². The molecule has 2 heterocycles. The number of piperidine rings is 1. The minimum absolute atomic E-state index is 0.0771. The lowest BCUT2D eigenvalue weighted by molar-refractivity contribution is -0.127. The summed E-state index contributed by atoms with van der Waals surface area (Å²) in [5.74, 6) is 0.266. The number of hydrogen-bond acceptors (Lipinski definition) is 5. The summed E-state index contributed by atoms with van der Waals surface area (Å²) < 4.78 is 3.07. The second-order valence-electron chi connectivity index (χ2n) is 7.56. The van der Waals surface area contributed by atoms with Crippen LogP contribution in [0.25, 0.3) is 0 Å². The molecule has 1 saturated heterocycles. The lowest BCUT2D eigenvalue weighted by Crippen LogP contribution is -2.42. The van der Waals surface area contributed by atoms with E-state index in [1.165, 1.54) is 4.68 Å². The maximum absolute atomic E-state index is 12.3. The van der Waals surface area contributed by atoms with Crippen molar-refractivity contribution in [3.05, 3.63) is 10.5 Å². The smallest absolute Gasteiger partial charge is 0.298 e. The third-order valence-electron chi connectivity index (χ3n) is 4.62. The highest BCUT2D eigenvalue weighted by molar-refractivity contribution is 5.85. The van der Waals surface area contributed by atoms with E-state index in [-0.39, 0.29) is 29.0 Å². The molecule has 1 aromatic rings. The molecule has 0 aromatic carbocycles. The summed E-state index contributed by atoms with van der Waals surface area (Å²) in [6, 6.07) is 0.381. The number of Topliss-reactive ketones (excluding diaryl/α,β-unsaturated/α-hetero) is 1. The molecule has 22 heavy (non-hydrogen) atoms. The van der Waals surface area contributed by atoms with Crippen LogP contribution in [-0.2, 0) is 4.79 Å². The van der Waals surface area contributed by atoms with Crippen molar-refractivity contribution in [1.82, 2.24) is 24.7 Å². The second-order valence-corrected chi connectivity index (χ2v) is 7.56. The predicted molar refractivity (Wildman–Crippen MR) is 81.7 cm³/mol. The van der Waals surface area contributed by atoms with Gasteiger partial charge in [-0.2, -0.15) is 9.36 Å². The molecule has 1 saturated carbocycles. The first kappa shape index (κ1) is 15.4. The van der Waals surface area contributed by atoms with Gasteiger partial charge in [-0.15, -0.1) is 0 Å². The third-order valence-corrected chi connectivity index (χ3v) is 4.62. The third kappa shape index (κ3) is 3.14. The van der Waals surface area contributed by atoms with E-state index in [0.717, 1.165) is 38.8 Å². The molecule has 2 aliphatic rings. The molecule has 122 valence electrons. The van der Waals surface area contributed by atoms with E-state index in [2.05, 4.69) is 15.3 Å². The van der Waals surface area contributed by atoms with Gasteiger partial charge in [-0.1, -0.05) is 20.8 Å². The van der Waals surface area contributed by atoms with E-state index in [0.29, 0.717) is 6.54 Å². The van der Waals surface area contributed by atoms with Crippen LogP contribution in [-0.4, -0.2) is 50.1 Å². The van der Waals surface area contributed by atoms with E-state index < -0.39 is 0 Å². The maximum Gasteiger partial charge on any atom is 0.364 e. The highest BCUT2D eigenvalue weighted by Crippen LogP contribution is 2.32. The molecule has 0 unspecified atom stereocenters. The SMILES string of the molecule is CC(C)(C)C(=O)CN1CCC(n2nnn(C3CC3)c2=O)CC1. The zero-order chi connectivity index (χ0) is 15.9. The molecule has 0 atom stereocenters. The average molecular weight is 307 g/mol. The molecule has 0 bridgehead atoms. The largest absolute Gasteiger partial charge is 0.364 e. The van der Waals surface area contributed by atoms with Gasteiger partial charge in [0.05, 0.1) is 18.6 Å². The number of carbonyl (C=O) groups excluding carboxylic acids is 1. The van der Waals surface area contributed by atoms with Gasteiger partial charge in [0.2, 0.25) is 0 Å². The summed E-state index contributed by atoms with van der Waals surface area (Å²) in [5, 5.41) is 8.06. The van der Waals surface area contributed by atoms with Gasteiger partial charge in [0.1, 0.15) is 0 Å². The Bertz CT molecular complexity index is 600. The molecule has 0 spiro atoms. The molecule has 0 N–H and O–H groups in total. The normalized spacial score (nSPS) is 21.2. The molecule has 2 fully saturated rings. The molecular weight excluding hydrogens is 282 g/mol. The van der Waals surface area contributed by atoms with Crippen molar-refractivity contribution in [3.8, 4) is 0 Å². The Labute approximate surface area is 130 Å². The van der Waals surface area contributed by atoms with E-state index in [1.54, 1.807) is 4.68 Å². The monoisotopic (exact) mass is 307 g/mol. The van der Waals surface area contributed by atoms with Gasteiger partial charge < -0.3 is 0 Å². The van der Waals surface area contributed by atoms with Crippen LogP contribution >= 0.6 is 0 Å². The van der Waals surface area contributed by atoms with Gasteiger partial charge in [-0.25, -0.2) is 4.79 Å². The van der Waals surface area contributed by atoms with Crippen LogP contribution in [0.3, 0.4) is 0 Å². The quantitative estimate of drug-likeness (QED) is 0.830. The van der Waals surface area contributed by atoms with Crippen LogP contribution in [0, 0.1) is 5.41 Å². The molecule has 3 rings (SSSR count). The predicted octanol–water partition coefficient (Wildman–Crippen LogP) is 1.03. The number of ketones is 1. The van der Waals surface area contributed by atoms with E-state index in [4.69, 9.17) is 0 Å².